The zero-order valence-corrected chi connectivity index (χ0v) is 12.6. The van der Waals surface area contributed by atoms with Gasteiger partial charge in [-0.1, -0.05) is 37.3 Å². The maximum atomic E-state index is 11.9. The van der Waals surface area contributed by atoms with Crippen molar-refractivity contribution in [2.75, 3.05) is 0 Å². The van der Waals surface area contributed by atoms with Crippen molar-refractivity contribution >= 4 is 23.3 Å². The molecule has 0 spiro atoms. The maximum Gasteiger partial charge on any atom is 0.244 e. The Labute approximate surface area is 124 Å². The minimum Gasteiger partial charge on any atom is -0.346 e. The summed E-state index contributed by atoms with van der Waals surface area (Å²) in [4.78, 5) is 12.9. The summed E-state index contributed by atoms with van der Waals surface area (Å²) in [5, 5.41) is 4.97. The van der Waals surface area contributed by atoms with Gasteiger partial charge in [0.2, 0.25) is 5.91 Å². The third-order valence-corrected chi connectivity index (χ3v) is 4.03. The number of rotatable bonds is 5. The summed E-state index contributed by atoms with van der Waals surface area (Å²) in [5.41, 5.74) is 2.44. The van der Waals surface area contributed by atoms with Gasteiger partial charge in [0, 0.05) is 11.0 Å². The minimum atomic E-state index is -0.0644. The fourth-order valence-electron chi connectivity index (χ4n) is 1.93. The Bertz CT molecular complexity index is 570. The van der Waals surface area contributed by atoms with Gasteiger partial charge in [-0.2, -0.15) is 0 Å². The molecule has 3 heteroatoms. The van der Waals surface area contributed by atoms with E-state index in [9.17, 15) is 4.79 Å². The molecule has 1 unspecified atom stereocenters. The van der Waals surface area contributed by atoms with E-state index in [2.05, 4.69) is 36.5 Å². The molecule has 1 N–H and O–H groups in total. The zero-order chi connectivity index (χ0) is 14.4. The van der Waals surface area contributed by atoms with Gasteiger partial charge in [0.15, 0.2) is 0 Å². The number of carbonyl (C=O) groups excluding carboxylic acids is 1. The molecule has 0 saturated heterocycles. The predicted octanol–water partition coefficient (Wildman–Crippen LogP) is 4.20. The maximum absolute atomic E-state index is 11.9. The number of nitrogens with one attached hydrogen (secondary N) is 1. The van der Waals surface area contributed by atoms with Crippen molar-refractivity contribution in [3.05, 3.63) is 63.9 Å². The predicted molar refractivity (Wildman–Crippen MR) is 85.7 cm³/mol. The first kappa shape index (κ1) is 14.5. The zero-order valence-electron chi connectivity index (χ0n) is 11.8. The highest BCUT2D eigenvalue weighted by Crippen LogP contribution is 2.14. The van der Waals surface area contributed by atoms with Crippen LogP contribution in [-0.4, -0.2) is 5.91 Å². The molecule has 0 radical (unpaired) electrons. The van der Waals surface area contributed by atoms with E-state index in [0.717, 1.165) is 16.9 Å². The van der Waals surface area contributed by atoms with E-state index in [1.807, 2.05) is 30.5 Å². The van der Waals surface area contributed by atoms with E-state index < -0.39 is 0 Å². The van der Waals surface area contributed by atoms with Crippen LogP contribution >= 0.6 is 11.3 Å². The molecule has 104 valence electrons. The molecule has 1 amide bonds. The second-order valence-electron chi connectivity index (χ2n) is 4.67. The molecule has 1 aromatic carbocycles. The van der Waals surface area contributed by atoms with Gasteiger partial charge in [0.1, 0.15) is 0 Å². The van der Waals surface area contributed by atoms with Crippen molar-refractivity contribution in [2.45, 2.75) is 26.3 Å². The third kappa shape index (κ3) is 4.07. The number of amides is 1. The summed E-state index contributed by atoms with van der Waals surface area (Å²) in [6, 6.07) is 12.3. The lowest BCUT2D eigenvalue weighted by Crippen LogP contribution is -2.24. The number of aryl methyl sites for hydroxylation is 1. The van der Waals surface area contributed by atoms with Crippen LogP contribution in [0.5, 0.6) is 0 Å². The summed E-state index contributed by atoms with van der Waals surface area (Å²) in [6.07, 6.45) is 4.46. The number of hydrogen-bond acceptors (Lipinski definition) is 2. The van der Waals surface area contributed by atoms with Crippen molar-refractivity contribution in [3.8, 4) is 0 Å². The van der Waals surface area contributed by atoms with Gasteiger partial charge < -0.3 is 5.32 Å². The Balaban J connectivity index is 1.92. The average Bonchev–Trinajstić information content (AvgIpc) is 2.98. The highest BCUT2D eigenvalue weighted by molar-refractivity contribution is 7.10. The second kappa shape index (κ2) is 7.06. The van der Waals surface area contributed by atoms with Crippen LogP contribution in [0.15, 0.2) is 47.9 Å². The highest BCUT2D eigenvalue weighted by Gasteiger charge is 2.07. The molecule has 0 aliphatic carbocycles. The lowest BCUT2D eigenvalue weighted by atomic mass is 10.1. The van der Waals surface area contributed by atoms with Crippen LogP contribution in [0.25, 0.3) is 6.08 Å². The summed E-state index contributed by atoms with van der Waals surface area (Å²) in [7, 11) is 0. The van der Waals surface area contributed by atoms with Crippen LogP contribution in [0.4, 0.5) is 0 Å². The van der Waals surface area contributed by atoms with Crippen molar-refractivity contribution in [1.29, 1.82) is 0 Å². The van der Waals surface area contributed by atoms with Gasteiger partial charge in [-0.3, -0.25) is 4.79 Å². The monoisotopic (exact) mass is 285 g/mol. The molecule has 1 aromatic heterocycles. The van der Waals surface area contributed by atoms with Crippen LogP contribution < -0.4 is 5.32 Å². The molecule has 2 nitrogen and oxygen atoms in total. The molecule has 20 heavy (non-hydrogen) atoms. The smallest absolute Gasteiger partial charge is 0.244 e. The highest BCUT2D eigenvalue weighted by atomic mass is 32.1. The summed E-state index contributed by atoms with van der Waals surface area (Å²) in [6.45, 7) is 4.13. The molecule has 1 heterocycles. The Morgan fingerprint density at radius 1 is 1.30 bits per heavy atom. The average molecular weight is 285 g/mol. The van der Waals surface area contributed by atoms with Gasteiger partial charge in [-0.05, 0) is 42.0 Å². The largest absolute Gasteiger partial charge is 0.346 e. The Morgan fingerprint density at radius 3 is 2.65 bits per heavy atom. The van der Waals surface area contributed by atoms with Crippen LogP contribution in [0.3, 0.4) is 0 Å². The third-order valence-electron chi connectivity index (χ3n) is 3.19. The van der Waals surface area contributed by atoms with E-state index in [1.54, 1.807) is 17.4 Å². The van der Waals surface area contributed by atoms with Gasteiger partial charge in [-0.15, -0.1) is 11.3 Å². The molecule has 2 rings (SSSR count). The normalized spacial score (nSPS) is 12.5. The van der Waals surface area contributed by atoms with Crippen LogP contribution in [-0.2, 0) is 11.2 Å². The Kier molecular flexibility index (Phi) is 5.13. The fourth-order valence-corrected chi connectivity index (χ4v) is 2.55. The van der Waals surface area contributed by atoms with Crippen molar-refractivity contribution in [2.24, 2.45) is 0 Å². The SMILES string of the molecule is CCc1ccc(C(C)NC(=O)/C=C/c2cccs2)cc1. The summed E-state index contributed by atoms with van der Waals surface area (Å²) >= 11 is 1.62. The lowest BCUT2D eigenvalue weighted by molar-refractivity contribution is -0.117. The van der Waals surface area contributed by atoms with Gasteiger partial charge in [0.25, 0.3) is 0 Å². The number of benzene rings is 1. The molecule has 0 aliphatic heterocycles. The molecule has 0 saturated carbocycles. The Morgan fingerprint density at radius 2 is 2.05 bits per heavy atom. The van der Waals surface area contributed by atoms with Crippen LogP contribution in [0.1, 0.15) is 35.9 Å². The molecule has 0 fully saturated rings. The number of carbonyl (C=O) groups is 1. The van der Waals surface area contributed by atoms with Crippen LogP contribution in [0, 0.1) is 0 Å². The second-order valence-corrected chi connectivity index (χ2v) is 5.65. The molecular weight excluding hydrogens is 266 g/mol. The van der Waals surface area contributed by atoms with Crippen molar-refractivity contribution < 1.29 is 4.79 Å². The summed E-state index contributed by atoms with van der Waals surface area (Å²) < 4.78 is 0. The first-order valence-corrected chi connectivity index (χ1v) is 7.68. The molecule has 0 bridgehead atoms. The molecule has 2 aromatic rings. The number of hydrogen-bond donors (Lipinski definition) is 1. The first-order valence-electron chi connectivity index (χ1n) is 6.80. The summed E-state index contributed by atoms with van der Waals surface area (Å²) in [5.74, 6) is -0.0644. The lowest BCUT2D eigenvalue weighted by Gasteiger charge is -2.13. The minimum absolute atomic E-state index is 0.0152. The topological polar surface area (TPSA) is 29.1 Å². The molecular formula is C17H19NOS. The van der Waals surface area contributed by atoms with Crippen molar-refractivity contribution in [3.63, 3.8) is 0 Å². The van der Waals surface area contributed by atoms with E-state index in [1.165, 1.54) is 5.56 Å². The van der Waals surface area contributed by atoms with E-state index in [-0.39, 0.29) is 11.9 Å². The fraction of sp³-hybridized carbons (Fsp3) is 0.235. The van der Waals surface area contributed by atoms with E-state index in [0.29, 0.717) is 0 Å². The van der Waals surface area contributed by atoms with E-state index >= 15 is 0 Å². The van der Waals surface area contributed by atoms with Gasteiger partial charge in [0.05, 0.1) is 6.04 Å². The first-order chi connectivity index (χ1) is 9.69. The Hall–Kier alpha value is -1.87. The van der Waals surface area contributed by atoms with Gasteiger partial charge in [-0.25, -0.2) is 0 Å². The molecule has 1 atom stereocenters. The molecule has 0 aliphatic rings. The van der Waals surface area contributed by atoms with E-state index in [4.69, 9.17) is 0 Å². The quantitative estimate of drug-likeness (QED) is 0.820. The van der Waals surface area contributed by atoms with Gasteiger partial charge >= 0.3 is 0 Å². The van der Waals surface area contributed by atoms with Crippen molar-refractivity contribution in [1.82, 2.24) is 5.32 Å². The number of thiophene rings is 1. The standard InChI is InChI=1S/C17H19NOS/c1-3-14-6-8-15(9-7-14)13(2)18-17(19)11-10-16-5-4-12-20-16/h4-13H,3H2,1-2H3,(H,18,19)/b11-10+. The van der Waals surface area contributed by atoms with Crippen LogP contribution in [0.2, 0.25) is 0 Å².